The molecule has 2 heterocycles. The third kappa shape index (κ3) is 2.50. The number of fused-ring (bicyclic) bond motifs is 2. The Morgan fingerprint density at radius 1 is 0.957 bits per heavy atom. The zero-order valence-corrected chi connectivity index (χ0v) is 12.9. The second-order valence-electron chi connectivity index (χ2n) is 5.41. The van der Waals surface area contributed by atoms with E-state index in [1.807, 2.05) is 30.3 Å². The number of para-hydroxylation sites is 3. The molecule has 0 radical (unpaired) electrons. The van der Waals surface area contributed by atoms with E-state index in [4.69, 9.17) is 4.42 Å². The van der Waals surface area contributed by atoms with E-state index in [1.165, 1.54) is 10.9 Å². The fourth-order valence-corrected chi connectivity index (χ4v) is 2.89. The molecule has 0 aliphatic rings. The average molecular weight is 301 g/mol. The Morgan fingerprint density at radius 2 is 1.78 bits per heavy atom. The SMILES string of the molecule is CC[n+]1c(/C=C/c2nc3ccccc3o2)ccc2ccccc21. The van der Waals surface area contributed by atoms with Gasteiger partial charge in [-0.3, -0.25) is 0 Å². The predicted octanol–water partition coefficient (Wildman–Crippen LogP) is 4.46. The van der Waals surface area contributed by atoms with E-state index in [0.29, 0.717) is 5.89 Å². The van der Waals surface area contributed by atoms with Crippen molar-refractivity contribution in [1.29, 1.82) is 0 Å². The molecule has 0 bridgehead atoms. The summed E-state index contributed by atoms with van der Waals surface area (Å²) in [6, 6.07) is 20.5. The van der Waals surface area contributed by atoms with Crippen LogP contribution in [0.2, 0.25) is 0 Å². The molecule has 0 aliphatic heterocycles. The summed E-state index contributed by atoms with van der Waals surface area (Å²) in [6.07, 6.45) is 3.98. The summed E-state index contributed by atoms with van der Waals surface area (Å²) in [5, 5.41) is 1.24. The summed E-state index contributed by atoms with van der Waals surface area (Å²) in [4.78, 5) is 4.48. The van der Waals surface area contributed by atoms with Crippen molar-refractivity contribution in [2.75, 3.05) is 0 Å². The van der Waals surface area contributed by atoms with Gasteiger partial charge in [-0.1, -0.05) is 24.3 Å². The van der Waals surface area contributed by atoms with Gasteiger partial charge >= 0.3 is 0 Å². The third-order valence-corrected chi connectivity index (χ3v) is 4.00. The molecule has 4 rings (SSSR count). The highest BCUT2D eigenvalue weighted by molar-refractivity contribution is 5.78. The lowest BCUT2D eigenvalue weighted by atomic mass is 10.2. The molecule has 4 aromatic rings. The molecule has 0 amide bonds. The summed E-state index contributed by atoms with van der Waals surface area (Å²) in [5.41, 5.74) is 4.06. The Bertz CT molecular complexity index is 981. The molecule has 0 saturated carbocycles. The Balaban J connectivity index is 1.76. The number of benzene rings is 2. The highest BCUT2D eigenvalue weighted by Crippen LogP contribution is 2.17. The molecule has 3 heteroatoms. The molecule has 0 saturated heterocycles. The maximum atomic E-state index is 5.74. The van der Waals surface area contributed by atoms with Crippen LogP contribution in [0.5, 0.6) is 0 Å². The quantitative estimate of drug-likeness (QED) is 0.523. The van der Waals surface area contributed by atoms with E-state index < -0.39 is 0 Å². The fraction of sp³-hybridized carbons (Fsp3) is 0.100. The van der Waals surface area contributed by atoms with Crippen molar-refractivity contribution in [3.63, 3.8) is 0 Å². The number of hydrogen-bond donors (Lipinski definition) is 0. The topological polar surface area (TPSA) is 29.9 Å². The lowest BCUT2D eigenvalue weighted by Crippen LogP contribution is -2.36. The molecule has 112 valence electrons. The van der Waals surface area contributed by atoms with Crippen LogP contribution in [0.15, 0.2) is 65.1 Å². The van der Waals surface area contributed by atoms with Crippen molar-refractivity contribution in [3.05, 3.63) is 72.2 Å². The van der Waals surface area contributed by atoms with Gasteiger partial charge in [0.15, 0.2) is 5.58 Å². The second-order valence-corrected chi connectivity index (χ2v) is 5.41. The summed E-state index contributed by atoms with van der Waals surface area (Å²) < 4.78 is 8.03. The Hall–Kier alpha value is -2.94. The van der Waals surface area contributed by atoms with Gasteiger partial charge in [-0.15, -0.1) is 0 Å². The van der Waals surface area contributed by atoms with E-state index in [9.17, 15) is 0 Å². The van der Waals surface area contributed by atoms with Gasteiger partial charge in [0.05, 0.1) is 0 Å². The zero-order valence-electron chi connectivity index (χ0n) is 12.9. The van der Waals surface area contributed by atoms with Crippen molar-refractivity contribution in [3.8, 4) is 0 Å². The lowest BCUT2D eigenvalue weighted by molar-refractivity contribution is -0.669. The predicted molar refractivity (Wildman–Crippen MR) is 92.8 cm³/mol. The summed E-state index contributed by atoms with van der Waals surface area (Å²) >= 11 is 0. The molecule has 0 fully saturated rings. The molecular formula is C20H17N2O+. The van der Waals surface area contributed by atoms with Crippen LogP contribution in [0.25, 0.3) is 34.2 Å². The monoisotopic (exact) mass is 301 g/mol. The first-order chi connectivity index (χ1) is 11.3. The lowest BCUT2D eigenvalue weighted by Gasteiger charge is -2.02. The van der Waals surface area contributed by atoms with Gasteiger partial charge in [-0.25, -0.2) is 4.98 Å². The first-order valence-corrected chi connectivity index (χ1v) is 7.80. The average Bonchev–Trinajstić information content (AvgIpc) is 3.02. The fourth-order valence-electron chi connectivity index (χ4n) is 2.89. The number of aryl methyl sites for hydroxylation is 1. The summed E-state index contributed by atoms with van der Waals surface area (Å²) in [5.74, 6) is 0.627. The first-order valence-electron chi connectivity index (χ1n) is 7.80. The molecule has 0 aliphatic carbocycles. The maximum absolute atomic E-state index is 5.74. The Kier molecular flexibility index (Phi) is 3.39. The minimum atomic E-state index is 0.627. The standard InChI is InChI=1S/C20H17N2O/c1-2-22-16(12-11-15-7-3-5-9-18(15)22)13-14-20-21-17-8-4-6-10-19(17)23-20/h3-14H,2H2,1H3/q+1/b14-13+. The van der Waals surface area contributed by atoms with Crippen LogP contribution in [-0.4, -0.2) is 4.98 Å². The number of oxazole rings is 1. The number of rotatable bonds is 3. The largest absolute Gasteiger partial charge is 0.437 e. The van der Waals surface area contributed by atoms with Crippen LogP contribution in [0.1, 0.15) is 18.5 Å². The van der Waals surface area contributed by atoms with Gasteiger partial charge < -0.3 is 4.42 Å². The van der Waals surface area contributed by atoms with E-state index in [1.54, 1.807) is 0 Å². The minimum Gasteiger partial charge on any atom is -0.437 e. The van der Waals surface area contributed by atoms with Crippen LogP contribution >= 0.6 is 0 Å². The van der Waals surface area contributed by atoms with Gasteiger partial charge in [0.1, 0.15) is 12.1 Å². The van der Waals surface area contributed by atoms with Crippen molar-refractivity contribution in [2.24, 2.45) is 0 Å². The second kappa shape index (κ2) is 5.69. The van der Waals surface area contributed by atoms with E-state index in [-0.39, 0.29) is 0 Å². The highest BCUT2D eigenvalue weighted by Gasteiger charge is 2.11. The minimum absolute atomic E-state index is 0.627. The Labute approximate surface area is 134 Å². The Morgan fingerprint density at radius 3 is 2.65 bits per heavy atom. The number of nitrogens with zero attached hydrogens (tertiary/aromatic N) is 2. The number of aromatic nitrogens is 2. The van der Waals surface area contributed by atoms with E-state index in [2.05, 4.69) is 58.9 Å². The molecule has 2 aromatic carbocycles. The van der Waals surface area contributed by atoms with E-state index in [0.717, 1.165) is 23.3 Å². The third-order valence-electron chi connectivity index (χ3n) is 4.00. The molecule has 2 aromatic heterocycles. The normalized spacial score (nSPS) is 11.7. The molecule has 0 N–H and O–H groups in total. The highest BCUT2D eigenvalue weighted by atomic mass is 16.3. The zero-order chi connectivity index (χ0) is 15.6. The summed E-state index contributed by atoms with van der Waals surface area (Å²) in [6.45, 7) is 3.07. The smallest absolute Gasteiger partial charge is 0.220 e. The van der Waals surface area contributed by atoms with Crippen LogP contribution in [0, 0.1) is 0 Å². The van der Waals surface area contributed by atoms with Crippen molar-refractivity contribution < 1.29 is 8.98 Å². The van der Waals surface area contributed by atoms with Crippen molar-refractivity contribution >= 4 is 34.2 Å². The van der Waals surface area contributed by atoms with Crippen LogP contribution in [0.4, 0.5) is 0 Å². The maximum Gasteiger partial charge on any atom is 0.220 e. The van der Waals surface area contributed by atoms with Crippen LogP contribution in [-0.2, 0) is 6.54 Å². The van der Waals surface area contributed by atoms with Crippen LogP contribution in [0.3, 0.4) is 0 Å². The van der Waals surface area contributed by atoms with Gasteiger partial charge in [0.25, 0.3) is 0 Å². The molecule has 3 nitrogen and oxygen atoms in total. The van der Waals surface area contributed by atoms with Gasteiger partial charge in [-0.2, -0.15) is 4.57 Å². The van der Waals surface area contributed by atoms with Crippen molar-refractivity contribution in [1.82, 2.24) is 4.98 Å². The van der Waals surface area contributed by atoms with Crippen molar-refractivity contribution in [2.45, 2.75) is 13.5 Å². The van der Waals surface area contributed by atoms with Crippen LogP contribution < -0.4 is 4.57 Å². The molecule has 23 heavy (non-hydrogen) atoms. The van der Waals surface area contributed by atoms with Gasteiger partial charge in [0, 0.05) is 29.7 Å². The number of pyridine rings is 1. The number of hydrogen-bond acceptors (Lipinski definition) is 2. The summed E-state index contributed by atoms with van der Waals surface area (Å²) in [7, 11) is 0. The van der Waals surface area contributed by atoms with Gasteiger partial charge in [0.2, 0.25) is 17.1 Å². The first kappa shape index (κ1) is 13.7. The van der Waals surface area contributed by atoms with E-state index >= 15 is 0 Å². The van der Waals surface area contributed by atoms with Gasteiger partial charge in [-0.05, 0) is 31.2 Å². The molecule has 0 unspecified atom stereocenters. The molecule has 0 atom stereocenters. The molecule has 0 spiro atoms. The molecular weight excluding hydrogens is 284 g/mol.